The van der Waals surface area contributed by atoms with Crippen molar-refractivity contribution in [2.24, 2.45) is 0 Å². The molecule has 4 heterocycles. The Bertz CT molecular complexity index is 986. The molecule has 0 spiro atoms. The number of fused-ring (bicyclic) bond motifs is 1. The molecule has 0 aromatic carbocycles. The normalized spacial score (nSPS) is 11.1. The molecule has 0 fully saturated rings. The minimum absolute atomic E-state index is 0.0860. The molecule has 0 aliphatic heterocycles. The number of rotatable bonds is 3. The van der Waals surface area contributed by atoms with Crippen LogP contribution in [0.2, 0.25) is 0 Å². The first-order valence-electron chi connectivity index (χ1n) is 6.49. The maximum absolute atomic E-state index is 11.9. The smallest absolute Gasteiger partial charge is 0.406 e. The fourth-order valence-electron chi connectivity index (χ4n) is 2.09. The molecule has 108 valence electrons. The summed E-state index contributed by atoms with van der Waals surface area (Å²) in [5.74, 6) is 0.117. The second-order valence-corrected chi connectivity index (χ2v) is 4.51. The van der Waals surface area contributed by atoms with Gasteiger partial charge in [0, 0.05) is 12.4 Å². The first kappa shape index (κ1) is 12.5. The van der Waals surface area contributed by atoms with E-state index in [9.17, 15) is 4.79 Å². The Labute approximate surface area is 123 Å². The van der Waals surface area contributed by atoms with E-state index < -0.39 is 5.76 Å². The van der Waals surface area contributed by atoms with Gasteiger partial charge in [0.05, 0.1) is 0 Å². The van der Waals surface area contributed by atoms with E-state index in [2.05, 4.69) is 20.1 Å². The number of hydrogen-bond acceptors (Lipinski definition) is 7. The standard InChI is InChI=1S/C14H9N5O3/c20-14-19(13-10(21-14)5-3-7-16-13)8-11-17-12(18-22-11)9-4-1-2-6-15-9/h1-7H,8H2. The average molecular weight is 295 g/mol. The van der Waals surface area contributed by atoms with Crippen molar-refractivity contribution in [1.29, 1.82) is 0 Å². The molecule has 4 rings (SSSR count). The van der Waals surface area contributed by atoms with Crippen LogP contribution in [-0.2, 0) is 6.54 Å². The predicted octanol–water partition coefficient (Wildman–Crippen LogP) is 1.48. The summed E-state index contributed by atoms with van der Waals surface area (Å²) >= 11 is 0. The van der Waals surface area contributed by atoms with Crippen LogP contribution >= 0.6 is 0 Å². The summed E-state index contributed by atoms with van der Waals surface area (Å²) in [4.78, 5) is 24.4. The molecule has 0 amide bonds. The van der Waals surface area contributed by atoms with Gasteiger partial charge in [0.25, 0.3) is 0 Å². The van der Waals surface area contributed by atoms with Gasteiger partial charge in [0.2, 0.25) is 11.7 Å². The summed E-state index contributed by atoms with van der Waals surface area (Å²) in [6.07, 6.45) is 3.23. The maximum Gasteiger partial charge on any atom is 0.421 e. The molecule has 0 aliphatic rings. The Morgan fingerprint density at radius 1 is 1.09 bits per heavy atom. The molecule has 0 bridgehead atoms. The van der Waals surface area contributed by atoms with Gasteiger partial charge in [-0.15, -0.1) is 0 Å². The topological polar surface area (TPSA) is 99.8 Å². The van der Waals surface area contributed by atoms with Crippen LogP contribution < -0.4 is 5.76 Å². The number of aromatic nitrogens is 5. The van der Waals surface area contributed by atoms with E-state index in [1.165, 1.54) is 4.57 Å². The predicted molar refractivity (Wildman–Crippen MR) is 74.9 cm³/mol. The first-order chi connectivity index (χ1) is 10.8. The van der Waals surface area contributed by atoms with E-state index in [4.69, 9.17) is 8.94 Å². The van der Waals surface area contributed by atoms with E-state index >= 15 is 0 Å². The van der Waals surface area contributed by atoms with Crippen LogP contribution in [0.1, 0.15) is 5.89 Å². The van der Waals surface area contributed by atoms with Crippen molar-refractivity contribution in [1.82, 2.24) is 24.7 Å². The molecule has 8 nitrogen and oxygen atoms in total. The molecule has 0 saturated carbocycles. The van der Waals surface area contributed by atoms with Crippen LogP contribution in [0.5, 0.6) is 0 Å². The van der Waals surface area contributed by atoms with Crippen LogP contribution in [-0.4, -0.2) is 24.7 Å². The van der Waals surface area contributed by atoms with E-state index in [-0.39, 0.29) is 12.4 Å². The highest BCUT2D eigenvalue weighted by Gasteiger charge is 2.15. The van der Waals surface area contributed by atoms with E-state index in [0.29, 0.717) is 22.7 Å². The van der Waals surface area contributed by atoms with Gasteiger partial charge in [-0.1, -0.05) is 11.2 Å². The molecule has 0 radical (unpaired) electrons. The van der Waals surface area contributed by atoms with E-state index in [1.54, 1.807) is 36.7 Å². The summed E-state index contributed by atoms with van der Waals surface area (Å²) < 4.78 is 11.6. The molecule has 4 aromatic rings. The minimum atomic E-state index is -0.522. The quantitative estimate of drug-likeness (QED) is 0.564. The maximum atomic E-state index is 11.9. The second kappa shape index (κ2) is 4.92. The van der Waals surface area contributed by atoms with Gasteiger partial charge in [-0.2, -0.15) is 4.98 Å². The van der Waals surface area contributed by atoms with Crippen molar-refractivity contribution in [3.8, 4) is 11.5 Å². The molecule has 0 saturated heterocycles. The molecular weight excluding hydrogens is 286 g/mol. The largest absolute Gasteiger partial charge is 0.421 e. The monoisotopic (exact) mass is 295 g/mol. The van der Waals surface area contributed by atoms with Crippen LogP contribution in [0.15, 0.2) is 56.5 Å². The highest BCUT2D eigenvalue weighted by Crippen LogP contribution is 2.14. The Kier molecular flexibility index (Phi) is 2.78. The zero-order chi connectivity index (χ0) is 14.9. The van der Waals surface area contributed by atoms with Gasteiger partial charge in [0.15, 0.2) is 11.2 Å². The molecule has 22 heavy (non-hydrogen) atoms. The second-order valence-electron chi connectivity index (χ2n) is 4.51. The van der Waals surface area contributed by atoms with Gasteiger partial charge >= 0.3 is 5.76 Å². The average Bonchev–Trinajstić information content (AvgIpc) is 3.14. The van der Waals surface area contributed by atoms with Gasteiger partial charge in [-0.3, -0.25) is 4.98 Å². The molecule has 4 aromatic heterocycles. The molecule has 0 aliphatic carbocycles. The lowest BCUT2D eigenvalue weighted by Crippen LogP contribution is -2.15. The third-order valence-corrected chi connectivity index (χ3v) is 3.08. The van der Waals surface area contributed by atoms with Crippen molar-refractivity contribution in [3.05, 3.63) is 59.2 Å². The van der Waals surface area contributed by atoms with Crippen molar-refractivity contribution in [2.75, 3.05) is 0 Å². The minimum Gasteiger partial charge on any atom is -0.406 e. The van der Waals surface area contributed by atoms with Crippen LogP contribution in [0.25, 0.3) is 22.7 Å². The summed E-state index contributed by atoms with van der Waals surface area (Å²) in [5.41, 5.74) is 1.45. The summed E-state index contributed by atoms with van der Waals surface area (Å²) in [7, 11) is 0. The zero-order valence-electron chi connectivity index (χ0n) is 11.2. The van der Waals surface area contributed by atoms with Crippen LogP contribution in [0.4, 0.5) is 0 Å². The van der Waals surface area contributed by atoms with E-state index in [0.717, 1.165) is 0 Å². The van der Waals surface area contributed by atoms with Gasteiger partial charge in [-0.05, 0) is 24.3 Å². The van der Waals surface area contributed by atoms with Gasteiger partial charge < -0.3 is 8.94 Å². The summed E-state index contributed by atoms with van der Waals surface area (Å²) in [6.45, 7) is 0.0860. The Balaban J connectivity index is 1.71. The molecule has 0 atom stereocenters. The van der Waals surface area contributed by atoms with Crippen molar-refractivity contribution >= 4 is 11.2 Å². The molecular formula is C14H9N5O3. The number of oxazole rings is 1. The number of pyridine rings is 2. The first-order valence-corrected chi connectivity index (χ1v) is 6.49. The zero-order valence-corrected chi connectivity index (χ0v) is 11.2. The lowest BCUT2D eigenvalue weighted by molar-refractivity contribution is 0.366. The van der Waals surface area contributed by atoms with Crippen LogP contribution in [0.3, 0.4) is 0 Å². The Hall–Kier alpha value is -3.29. The third kappa shape index (κ3) is 2.06. The number of nitrogens with zero attached hydrogens (tertiary/aromatic N) is 5. The number of hydrogen-bond donors (Lipinski definition) is 0. The lowest BCUT2D eigenvalue weighted by Gasteiger charge is -1.95. The fraction of sp³-hybridized carbons (Fsp3) is 0.0714. The molecule has 8 heteroatoms. The molecule has 0 unspecified atom stereocenters. The highest BCUT2D eigenvalue weighted by atomic mass is 16.5. The summed E-state index contributed by atoms with van der Waals surface area (Å²) in [5, 5.41) is 3.86. The third-order valence-electron chi connectivity index (χ3n) is 3.08. The fourth-order valence-corrected chi connectivity index (χ4v) is 2.09. The lowest BCUT2D eigenvalue weighted by atomic mass is 10.3. The highest BCUT2D eigenvalue weighted by molar-refractivity contribution is 5.67. The Morgan fingerprint density at radius 2 is 2.00 bits per heavy atom. The molecule has 0 N–H and O–H groups in total. The van der Waals surface area contributed by atoms with Crippen molar-refractivity contribution in [2.45, 2.75) is 6.54 Å². The van der Waals surface area contributed by atoms with Gasteiger partial charge in [-0.25, -0.2) is 14.3 Å². The van der Waals surface area contributed by atoms with Crippen molar-refractivity contribution < 1.29 is 8.94 Å². The van der Waals surface area contributed by atoms with E-state index in [1.807, 2.05) is 6.07 Å². The Morgan fingerprint density at radius 3 is 2.86 bits per heavy atom. The van der Waals surface area contributed by atoms with Gasteiger partial charge in [0.1, 0.15) is 12.2 Å². The van der Waals surface area contributed by atoms with Crippen molar-refractivity contribution in [3.63, 3.8) is 0 Å². The summed E-state index contributed by atoms with van der Waals surface area (Å²) in [6, 6.07) is 8.77. The SMILES string of the molecule is O=c1oc2cccnc2n1Cc1nc(-c2ccccn2)no1. The van der Waals surface area contributed by atoms with Crippen LogP contribution in [0, 0.1) is 0 Å².